The molecule has 8 heteroatoms. The van der Waals surface area contributed by atoms with E-state index in [9.17, 15) is 23.0 Å². The van der Waals surface area contributed by atoms with E-state index in [0.29, 0.717) is 17.5 Å². The van der Waals surface area contributed by atoms with Gasteiger partial charge in [0.15, 0.2) is 0 Å². The van der Waals surface area contributed by atoms with Gasteiger partial charge in [0.2, 0.25) is 5.88 Å². The van der Waals surface area contributed by atoms with E-state index in [1.165, 1.54) is 18.2 Å². The second-order valence-corrected chi connectivity index (χ2v) is 7.05. The number of nitrogens with one attached hydrogen (secondary N) is 1. The summed E-state index contributed by atoms with van der Waals surface area (Å²) in [5.41, 5.74) is 1.98. The van der Waals surface area contributed by atoms with Crippen LogP contribution >= 0.6 is 0 Å². The molecule has 0 fully saturated rings. The number of aromatic hydroxyl groups is 1. The third-order valence-electron chi connectivity index (χ3n) is 3.65. The highest BCUT2D eigenvalue weighted by molar-refractivity contribution is 7.91. The summed E-state index contributed by atoms with van der Waals surface area (Å²) in [6.45, 7) is 1.67. The zero-order valence-corrected chi connectivity index (χ0v) is 13.5. The molecule has 3 rings (SSSR count). The van der Waals surface area contributed by atoms with Gasteiger partial charge in [0.1, 0.15) is 17.3 Å². The van der Waals surface area contributed by atoms with Crippen molar-refractivity contribution in [2.24, 2.45) is 0 Å². The number of aryl methyl sites for hydroxylation is 1. The van der Waals surface area contributed by atoms with Crippen molar-refractivity contribution >= 4 is 15.9 Å². The van der Waals surface area contributed by atoms with Gasteiger partial charge in [-0.2, -0.15) is 8.42 Å². The average molecular weight is 350 g/mol. The van der Waals surface area contributed by atoms with Crippen LogP contribution in [0.15, 0.2) is 48.5 Å². The lowest BCUT2D eigenvalue weighted by molar-refractivity contribution is 0.392. The summed E-state index contributed by atoms with van der Waals surface area (Å²) in [4.78, 5) is 0. The molecule has 3 N–H and O–H groups in total. The zero-order chi connectivity index (χ0) is 17.5. The molecule has 0 aliphatic carbocycles. The number of hydrogen-bond donors (Lipinski definition) is 3. The molecule has 0 saturated carbocycles. The van der Waals surface area contributed by atoms with Crippen molar-refractivity contribution in [1.82, 2.24) is 4.72 Å². The Morgan fingerprint density at radius 3 is 2.38 bits per heavy atom. The Labute approximate surface area is 138 Å². The summed E-state index contributed by atoms with van der Waals surface area (Å²) in [5, 5.41) is 19.4. The SMILES string of the molecule is Cc1ccc(Cc2ccc(N3C=C(O)NS3(=O)=O)c(O)c2)cc1F. The van der Waals surface area contributed by atoms with Crippen LogP contribution in [0.1, 0.15) is 16.7 Å². The molecule has 0 bridgehead atoms. The predicted octanol–water partition coefficient (Wildman–Crippen LogP) is 2.44. The van der Waals surface area contributed by atoms with E-state index in [2.05, 4.69) is 0 Å². The summed E-state index contributed by atoms with van der Waals surface area (Å²) < 4.78 is 39.9. The summed E-state index contributed by atoms with van der Waals surface area (Å²) in [5.74, 6) is -1.10. The highest BCUT2D eigenvalue weighted by Gasteiger charge is 2.30. The van der Waals surface area contributed by atoms with Crippen LogP contribution in [0.3, 0.4) is 0 Å². The van der Waals surface area contributed by atoms with Gasteiger partial charge in [-0.05, 0) is 48.2 Å². The van der Waals surface area contributed by atoms with Crippen LogP contribution in [0, 0.1) is 12.7 Å². The smallest absolute Gasteiger partial charge is 0.330 e. The number of hydrogen-bond acceptors (Lipinski definition) is 4. The molecule has 2 aromatic rings. The third kappa shape index (κ3) is 3.00. The van der Waals surface area contributed by atoms with Crippen LogP contribution in [0.4, 0.5) is 10.1 Å². The molecule has 0 spiro atoms. The van der Waals surface area contributed by atoms with E-state index in [4.69, 9.17) is 0 Å². The van der Waals surface area contributed by atoms with Crippen molar-refractivity contribution in [3.8, 4) is 5.75 Å². The first kappa shape index (κ1) is 16.1. The minimum absolute atomic E-state index is 0.00499. The summed E-state index contributed by atoms with van der Waals surface area (Å²) in [6, 6.07) is 9.35. The fourth-order valence-electron chi connectivity index (χ4n) is 2.43. The first-order chi connectivity index (χ1) is 11.3. The van der Waals surface area contributed by atoms with Crippen molar-refractivity contribution in [3.05, 3.63) is 71.0 Å². The minimum atomic E-state index is -3.96. The standard InChI is InChI=1S/C16H15FN2O4S/c1-10-2-3-11(7-13(10)17)6-12-4-5-14(15(20)8-12)19-9-16(21)18-24(19,22)23/h2-5,7-9,18,20-21H,6H2,1H3. The number of rotatable bonds is 3. The van der Waals surface area contributed by atoms with Crippen molar-refractivity contribution in [1.29, 1.82) is 0 Å². The van der Waals surface area contributed by atoms with Gasteiger partial charge in [-0.3, -0.25) is 0 Å². The number of aliphatic hydroxyl groups is 1. The van der Waals surface area contributed by atoms with Crippen LogP contribution in [0.5, 0.6) is 5.75 Å². The molecular formula is C16H15FN2O4S. The van der Waals surface area contributed by atoms with Crippen molar-refractivity contribution < 1.29 is 23.0 Å². The van der Waals surface area contributed by atoms with Gasteiger partial charge in [0, 0.05) is 0 Å². The molecule has 0 amide bonds. The minimum Gasteiger partial charge on any atom is -0.506 e. The molecular weight excluding hydrogens is 335 g/mol. The lowest BCUT2D eigenvalue weighted by Crippen LogP contribution is -2.29. The number of aliphatic hydroxyl groups excluding tert-OH is 1. The highest BCUT2D eigenvalue weighted by Crippen LogP contribution is 2.33. The van der Waals surface area contributed by atoms with Crippen molar-refractivity contribution in [2.45, 2.75) is 13.3 Å². The van der Waals surface area contributed by atoms with Crippen molar-refractivity contribution in [2.75, 3.05) is 4.31 Å². The third-order valence-corrected chi connectivity index (χ3v) is 4.94. The molecule has 0 aromatic heterocycles. The summed E-state index contributed by atoms with van der Waals surface area (Å²) in [7, 11) is -3.96. The first-order valence-corrected chi connectivity index (χ1v) is 8.50. The molecule has 0 saturated heterocycles. The normalized spacial score (nSPS) is 15.9. The summed E-state index contributed by atoms with van der Waals surface area (Å²) >= 11 is 0. The number of benzene rings is 2. The van der Waals surface area contributed by atoms with E-state index in [-0.39, 0.29) is 17.3 Å². The molecule has 24 heavy (non-hydrogen) atoms. The van der Waals surface area contributed by atoms with Crippen LogP contribution in [0.2, 0.25) is 0 Å². The van der Waals surface area contributed by atoms with Crippen LogP contribution in [-0.2, 0) is 16.6 Å². The maximum atomic E-state index is 13.6. The number of phenolic OH excluding ortho intramolecular Hbond substituents is 1. The molecule has 0 radical (unpaired) electrons. The lowest BCUT2D eigenvalue weighted by Gasteiger charge is -2.16. The Kier molecular flexibility index (Phi) is 3.84. The van der Waals surface area contributed by atoms with Crippen LogP contribution < -0.4 is 9.03 Å². The first-order valence-electron chi connectivity index (χ1n) is 7.06. The van der Waals surface area contributed by atoms with Gasteiger partial charge >= 0.3 is 10.2 Å². The second-order valence-electron chi connectivity index (χ2n) is 5.50. The van der Waals surface area contributed by atoms with Crippen LogP contribution in [-0.4, -0.2) is 18.6 Å². The van der Waals surface area contributed by atoms with E-state index < -0.39 is 16.1 Å². The largest absolute Gasteiger partial charge is 0.506 e. The van der Waals surface area contributed by atoms with E-state index in [1.807, 2.05) is 4.72 Å². The zero-order valence-electron chi connectivity index (χ0n) is 12.7. The molecule has 0 atom stereocenters. The number of nitrogens with zero attached hydrogens (tertiary/aromatic N) is 1. The highest BCUT2D eigenvalue weighted by atomic mass is 32.2. The summed E-state index contributed by atoms with van der Waals surface area (Å²) in [6.07, 6.45) is 1.34. The fraction of sp³-hybridized carbons (Fsp3) is 0.125. The van der Waals surface area contributed by atoms with Gasteiger partial charge in [-0.25, -0.2) is 13.4 Å². The lowest BCUT2D eigenvalue weighted by atomic mass is 10.0. The Morgan fingerprint density at radius 1 is 1.12 bits per heavy atom. The number of anilines is 1. The van der Waals surface area contributed by atoms with E-state index in [0.717, 1.165) is 16.1 Å². The predicted molar refractivity (Wildman–Crippen MR) is 87.3 cm³/mol. The Balaban J connectivity index is 1.89. The van der Waals surface area contributed by atoms with Gasteiger partial charge in [-0.15, -0.1) is 0 Å². The van der Waals surface area contributed by atoms with Gasteiger partial charge in [0.25, 0.3) is 0 Å². The number of halogens is 1. The molecule has 1 aliphatic heterocycles. The number of phenols is 1. The molecule has 6 nitrogen and oxygen atoms in total. The maximum Gasteiger partial charge on any atom is 0.330 e. The van der Waals surface area contributed by atoms with Gasteiger partial charge < -0.3 is 10.2 Å². The van der Waals surface area contributed by atoms with Crippen LogP contribution in [0.25, 0.3) is 0 Å². The van der Waals surface area contributed by atoms with E-state index >= 15 is 0 Å². The topological polar surface area (TPSA) is 89.9 Å². The molecule has 126 valence electrons. The molecule has 1 heterocycles. The maximum absolute atomic E-state index is 13.6. The van der Waals surface area contributed by atoms with Gasteiger partial charge in [-0.1, -0.05) is 18.2 Å². The quantitative estimate of drug-likeness (QED) is 0.793. The molecule has 1 aliphatic rings. The Morgan fingerprint density at radius 2 is 1.79 bits per heavy atom. The van der Waals surface area contributed by atoms with Gasteiger partial charge in [0.05, 0.1) is 6.20 Å². The van der Waals surface area contributed by atoms with Crippen molar-refractivity contribution in [3.63, 3.8) is 0 Å². The second kappa shape index (κ2) is 5.72. The molecule has 2 aromatic carbocycles. The molecule has 0 unspecified atom stereocenters. The fourth-order valence-corrected chi connectivity index (χ4v) is 3.50. The average Bonchev–Trinajstić information content (AvgIpc) is 2.76. The monoisotopic (exact) mass is 350 g/mol. The Bertz CT molecular complexity index is 941. The van der Waals surface area contributed by atoms with E-state index in [1.54, 1.807) is 25.1 Å². The Hall–Kier alpha value is -2.74.